The average Bonchev–Trinajstić information content (AvgIpc) is 2.83. The molecule has 1 aromatic rings. The molecule has 0 amide bonds. The Bertz CT molecular complexity index is 664. The van der Waals surface area contributed by atoms with E-state index in [4.69, 9.17) is 4.74 Å². The van der Waals surface area contributed by atoms with Gasteiger partial charge in [0.2, 0.25) is 0 Å². The van der Waals surface area contributed by atoms with E-state index in [2.05, 4.69) is 38.6 Å². The summed E-state index contributed by atoms with van der Waals surface area (Å²) in [5, 5.41) is 9.94. The fraction of sp³-hybridized carbons (Fsp3) is 0.636. The van der Waals surface area contributed by atoms with Gasteiger partial charge in [-0.15, -0.1) is 0 Å². The van der Waals surface area contributed by atoms with E-state index in [0.717, 1.165) is 24.5 Å². The molecule has 0 spiro atoms. The molecule has 0 unspecified atom stereocenters. The van der Waals surface area contributed by atoms with Gasteiger partial charge in [0.1, 0.15) is 5.75 Å². The number of aliphatic hydroxyl groups is 1. The highest BCUT2D eigenvalue weighted by Crippen LogP contribution is 2.65. The molecule has 2 nitrogen and oxygen atoms in total. The van der Waals surface area contributed by atoms with E-state index in [1.807, 2.05) is 0 Å². The van der Waals surface area contributed by atoms with Crippen LogP contribution in [0.25, 0.3) is 0 Å². The summed E-state index contributed by atoms with van der Waals surface area (Å²) in [5.74, 6) is 4.02. The Hall–Kier alpha value is -1.28. The standard InChI is InChI=1S/C22H30O2/c1-13-10-19-21-14(2)9-15-11-16(24-4)5-6-17(15)18(21)7-8-22(19,3)20(13)12-23/h5-6,11,14,18-21,23H,1,7-10,12H2,2-4H3/t14-,18-,19-,20-,21-,22+/m1/s1. The Kier molecular flexibility index (Phi) is 3.80. The van der Waals surface area contributed by atoms with Gasteiger partial charge in [-0.25, -0.2) is 0 Å². The van der Waals surface area contributed by atoms with Gasteiger partial charge in [0.15, 0.2) is 0 Å². The molecule has 0 radical (unpaired) electrons. The Labute approximate surface area is 145 Å². The minimum absolute atomic E-state index is 0.241. The molecule has 0 saturated heterocycles. The zero-order chi connectivity index (χ0) is 17.1. The van der Waals surface area contributed by atoms with Crippen molar-refractivity contribution >= 4 is 0 Å². The molecular weight excluding hydrogens is 296 g/mol. The maximum atomic E-state index is 9.94. The van der Waals surface area contributed by atoms with Gasteiger partial charge in [-0.05, 0) is 78.0 Å². The second-order valence-electron chi connectivity index (χ2n) is 8.68. The number of ether oxygens (including phenoxy) is 1. The quantitative estimate of drug-likeness (QED) is 0.807. The van der Waals surface area contributed by atoms with Crippen molar-refractivity contribution in [3.8, 4) is 5.75 Å². The molecule has 2 heteroatoms. The Morgan fingerprint density at radius 3 is 2.83 bits per heavy atom. The van der Waals surface area contributed by atoms with Crippen molar-refractivity contribution in [1.82, 2.24) is 0 Å². The first-order valence-corrected chi connectivity index (χ1v) is 9.45. The van der Waals surface area contributed by atoms with Gasteiger partial charge in [0, 0.05) is 5.92 Å². The molecule has 1 aromatic carbocycles. The molecule has 3 aliphatic rings. The Morgan fingerprint density at radius 1 is 1.33 bits per heavy atom. The fourth-order valence-electron chi connectivity index (χ4n) is 6.48. The first-order valence-electron chi connectivity index (χ1n) is 9.45. The number of benzene rings is 1. The van der Waals surface area contributed by atoms with Crippen LogP contribution in [0, 0.1) is 29.1 Å². The summed E-state index contributed by atoms with van der Waals surface area (Å²) in [6.07, 6.45) is 4.71. The monoisotopic (exact) mass is 326 g/mol. The molecule has 2 saturated carbocycles. The van der Waals surface area contributed by atoms with Gasteiger partial charge < -0.3 is 9.84 Å². The molecule has 24 heavy (non-hydrogen) atoms. The van der Waals surface area contributed by atoms with Crippen LogP contribution in [0.4, 0.5) is 0 Å². The molecule has 6 atom stereocenters. The van der Waals surface area contributed by atoms with Crippen molar-refractivity contribution in [3.05, 3.63) is 41.5 Å². The second kappa shape index (κ2) is 5.62. The Balaban J connectivity index is 1.73. The van der Waals surface area contributed by atoms with Gasteiger partial charge in [-0.3, -0.25) is 0 Å². The summed E-state index contributed by atoms with van der Waals surface area (Å²) in [4.78, 5) is 0. The minimum Gasteiger partial charge on any atom is -0.497 e. The highest BCUT2D eigenvalue weighted by Gasteiger charge is 2.57. The first kappa shape index (κ1) is 16.2. The van der Waals surface area contributed by atoms with Crippen LogP contribution in [0.1, 0.15) is 50.2 Å². The van der Waals surface area contributed by atoms with Gasteiger partial charge in [0.05, 0.1) is 13.7 Å². The lowest BCUT2D eigenvalue weighted by Gasteiger charge is -2.53. The van der Waals surface area contributed by atoms with E-state index in [0.29, 0.717) is 23.7 Å². The molecule has 0 bridgehead atoms. The lowest BCUT2D eigenvalue weighted by atomic mass is 9.52. The van der Waals surface area contributed by atoms with E-state index >= 15 is 0 Å². The molecule has 1 N–H and O–H groups in total. The third kappa shape index (κ3) is 2.12. The van der Waals surface area contributed by atoms with Crippen LogP contribution in [-0.4, -0.2) is 18.8 Å². The van der Waals surface area contributed by atoms with Crippen LogP contribution in [0.5, 0.6) is 5.75 Å². The zero-order valence-corrected chi connectivity index (χ0v) is 15.2. The van der Waals surface area contributed by atoms with Gasteiger partial charge in [-0.2, -0.15) is 0 Å². The molecule has 130 valence electrons. The molecule has 0 heterocycles. The smallest absolute Gasteiger partial charge is 0.119 e. The lowest BCUT2D eigenvalue weighted by molar-refractivity contribution is -0.00634. The summed E-state index contributed by atoms with van der Waals surface area (Å²) < 4.78 is 5.44. The summed E-state index contributed by atoms with van der Waals surface area (Å²) in [6.45, 7) is 9.45. The third-order valence-corrected chi connectivity index (χ3v) is 7.67. The molecule has 0 aromatic heterocycles. The van der Waals surface area contributed by atoms with Crippen molar-refractivity contribution in [2.45, 2.75) is 45.4 Å². The summed E-state index contributed by atoms with van der Waals surface area (Å²) >= 11 is 0. The largest absolute Gasteiger partial charge is 0.497 e. The van der Waals surface area contributed by atoms with E-state index in [9.17, 15) is 5.11 Å². The highest BCUT2D eigenvalue weighted by molar-refractivity contribution is 5.41. The van der Waals surface area contributed by atoms with Gasteiger partial charge in [-0.1, -0.05) is 32.1 Å². The van der Waals surface area contributed by atoms with Crippen molar-refractivity contribution in [1.29, 1.82) is 0 Å². The third-order valence-electron chi connectivity index (χ3n) is 7.67. The van der Waals surface area contributed by atoms with Crippen LogP contribution in [0.15, 0.2) is 30.4 Å². The number of fused-ring (bicyclic) bond motifs is 5. The number of methoxy groups -OCH3 is 1. The summed E-state index contributed by atoms with van der Waals surface area (Å²) in [6, 6.07) is 6.69. The maximum Gasteiger partial charge on any atom is 0.119 e. The average molecular weight is 326 g/mol. The van der Waals surface area contributed by atoms with E-state index in [-0.39, 0.29) is 12.0 Å². The van der Waals surface area contributed by atoms with Crippen LogP contribution >= 0.6 is 0 Å². The zero-order valence-electron chi connectivity index (χ0n) is 15.2. The number of aliphatic hydroxyl groups excluding tert-OH is 1. The van der Waals surface area contributed by atoms with Crippen LogP contribution in [0.3, 0.4) is 0 Å². The second-order valence-corrected chi connectivity index (χ2v) is 8.68. The summed E-state index contributed by atoms with van der Waals surface area (Å²) in [5.41, 5.74) is 4.57. The Morgan fingerprint density at radius 2 is 2.12 bits per heavy atom. The highest BCUT2D eigenvalue weighted by atomic mass is 16.5. The van der Waals surface area contributed by atoms with Crippen molar-refractivity contribution in [3.63, 3.8) is 0 Å². The van der Waals surface area contributed by atoms with Gasteiger partial charge in [0.25, 0.3) is 0 Å². The SMILES string of the molecule is C=C1C[C@@H]2[C@@H]3[C@H](C)Cc4cc(OC)ccc4[C@H]3CC[C@]2(C)[C@@H]1CO. The molecule has 4 rings (SSSR count). The normalized spacial score (nSPS) is 40.7. The summed E-state index contributed by atoms with van der Waals surface area (Å²) in [7, 11) is 1.75. The van der Waals surface area contributed by atoms with Crippen molar-refractivity contribution in [2.75, 3.05) is 13.7 Å². The van der Waals surface area contributed by atoms with Crippen LogP contribution in [-0.2, 0) is 6.42 Å². The van der Waals surface area contributed by atoms with E-state index < -0.39 is 0 Å². The van der Waals surface area contributed by atoms with Crippen LogP contribution in [0.2, 0.25) is 0 Å². The predicted molar refractivity (Wildman–Crippen MR) is 97.3 cm³/mol. The molecule has 2 fully saturated rings. The predicted octanol–water partition coefficient (Wildman–Crippen LogP) is 4.57. The van der Waals surface area contributed by atoms with Gasteiger partial charge >= 0.3 is 0 Å². The van der Waals surface area contributed by atoms with Crippen molar-refractivity contribution < 1.29 is 9.84 Å². The lowest BCUT2D eigenvalue weighted by Crippen LogP contribution is -2.45. The number of hydrogen-bond acceptors (Lipinski definition) is 2. The number of hydrogen-bond donors (Lipinski definition) is 1. The van der Waals surface area contributed by atoms with Crippen LogP contribution < -0.4 is 4.74 Å². The molecule has 3 aliphatic carbocycles. The minimum atomic E-state index is 0.241. The topological polar surface area (TPSA) is 29.5 Å². The molecular formula is C22H30O2. The molecule has 0 aliphatic heterocycles. The van der Waals surface area contributed by atoms with E-state index in [1.54, 1.807) is 12.7 Å². The fourth-order valence-corrected chi connectivity index (χ4v) is 6.48. The van der Waals surface area contributed by atoms with E-state index in [1.165, 1.54) is 24.0 Å². The van der Waals surface area contributed by atoms with Crippen molar-refractivity contribution in [2.24, 2.45) is 29.1 Å². The number of rotatable bonds is 2. The maximum absolute atomic E-state index is 9.94. The first-order chi connectivity index (χ1) is 11.5.